The molecule has 0 unspecified atom stereocenters. The van der Waals surface area contributed by atoms with Crippen molar-refractivity contribution in [3.05, 3.63) is 35.4 Å². The highest BCUT2D eigenvalue weighted by atomic mass is 19.4. The second kappa shape index (κ2) is 6.35. The minimum absolute atomic E-state index is 0.0200. The molecule has 136 valence electrons. The van der Waals surface area contributed by atoms with E-state index in [1.54, 1.807) is 11.9 Å². The third-order valence-corrected chi connectivity index (χ3v) is 5.28. The van der Waals surface area contributed by atoms with Gasteiger partial charge in [-0.15, -0.1) is 0 Å². The number of halogens is 3. The molecular weight excluding hydrogens is 333 g/mol. The first kappa shape index (κ1) is 17.8. The molecule has 1 aromatic rings. The number of benzene rings is 1. The van der Waals surface area contributed by atoms with Crippen molar-refractivity contribution in [1.82, 2.24) is 9.80 Å². The van der Waals surface area contributed by atoms with Crippen molar-refractivity contribution < 1.29 is 22.8 Å². The maximum atomic E-state index is 12.9. The van der Waals surface area contributed by atoms with Gasteiger partial charge in [0, 0.05) is 26.7 Å². The van der Waals surface area contributed by atoms with Crippen LogP contribution in [0.3, 0.4) is 0 Å². The molecule has 25 heavy (non-hydrogen) atoms. The van der Waals surface area contributed by atoms with Crippen LogP contribution in [0.1, 0.15) is 30.4 Å². The van der Waals surface area contributed by atoms with Gasteiger partial charge in [0.1, 0.15) is 6.42 Å². The van der Waals surface area contributed by atoms with E-state index in [-0.39, 0.29) is 19.0 Å². The lowest BCUT2D eigenvalue weighted by atomic mass is 9.73. The van der Waals surface area contributed by atoms with Crippen molar-refractivity contribution in [2.75, 3.05) is 20.1 Å². The van der Waals surface area contributed by atoms with E-state index in [0.29, 0.717) is 25.8 Å². The fourth-order valence-electron chi connectivity index (χ4n) is 3.91. The number of hydrogen-bond acceptors (Lipinski definition) is 2. The molecule has 0 aliphatic carbocycles. The zero-order valence-corrected chi connectivity index (χ0v) is 14.1. The molecule has 0 saturated carbocycles. The van der Waals surface area contributed by atoms with Gasteiger partial charge in [-0.3, -0.25) is 9.59 Å². The number of piperidine rings is 1. The topological polar surface area (TPSA) is 40.6 Å². The van der Waals surface area contributed by atoms with Crippen LogP contribution in [0.4, 0.5) is 13.2 Å². The molecule has 1 aromatic carbocycles. The van der Waals surface area contributed by atoms with Crippen molar-refractivity contribution in [3.63, 3.8) is 0 Å². The Morgan fingerprint density at radius 2 is 1.76 bits per heavy atom. The number of hydrogen-bond donors (Lipinski definition) is 0. The summed E-state index contributed by atoms with van der Waals surface area (Å²) < 4.78 is 37.3. The van der Waals surface area contributed by atoms with Gasteiger partial charge in [-0.1, -0.05) is 24.3 Å². The third kappa shape index (κ3) is 3.65. The zero-order chi connectivity index (χ0) is 18.2. The van der Waals surface area contributed by atoms with Gasteiger partial charge >= 0.3 is 6.18 Å². The molecule has 2 amide bonds. The first-order valence-corrected chi connectivity index (χ1v) is 8.37. The Morgan fingerprint density at radius 3 is 2.36 bits per heavy atom. The van der Waals surface area contributed by atoms with Gasteiger partial charge < -0.3 is 9.80 Å². The van der Waals surface area contributed by atoms with E-state index in [9.17, 15) is 22.8 Å². The number of carbonyl (C=O) groups excluding carboxylic acids is 2. The molecular formula is C18H21F3N2O2. The average Bonchev–Trinajstić information content (AvgIpc) is 2.63. The van der Waals surface area contributed by atoms with Gasteiger partial charge in [0.05, 0.1) is 5.41 Å². The predicted molar refractivity (Wildman–Crippen MR) is 85.5 cm³/mol. The Hall–Kier alpha value is -2.05. The maximum absolute atomic E-state index is 12.9. The van der Waals surface area contributed by atoms with Gasteiger partial charge in [0.2, 0.25) is 11.8 Å². The van der Waals surface area contributed by atoms with Crippen LogP contribution in [0, 0.1) is 5.41 Å². The molecule has 1 fully saturated rings. The first-order valence-electron chi connectivity index (χ1n) is 8.37. The SMILES string of the molecule is CN1Cc2ccccc2CC2(CCN(C(=O)CC(F)(F)F)CC2)C1=O. The molecule has 0 bridgehead atoms. The quantitative estimate of drug-likeness (QED) is 0.778. The highest BCUT2D eigenvalue weighted by Crippen LogP contribution is 2.40. The van der Waals surface area contributed by atoms with Crippen LogP contribution in [0.2, 0.25) is 0 Å². The molecule has 0 radical (unpaired) electrons. The van der Waals surface area contributed by atoms with E-state index >= 15 is 0 Å². The summed E-state index contributed by atoms with van der Waals surface area (Å²) in [7, 11) is 1.76. The van der Waals surface area contributed by atoms with Gasteiger partial charge in [-0.05, 0) is 30.4 Å². The molecule has 2 aliphatic rings. The number of fused-ring (bicyclic) bond motifs is 1. The minimum Gasteiger partial charge on any atom is -0.342 e. The van der Waals surface area contributed by atoms with Crippen LogP contribution in [0.15, 0.2) is 24.3 Å². The summed E-state index contributed by atoms with van der Waals surface area (Å²) in [4.78, 5) is 27.7. The summed E-state index contributed by atoms with van der Waals surface area (Å²) >= 11 is 0. The number of likely N-dealkylation sites (tertiary alicyclic amines) is 1. The molecule has 0 N–H and O–H groups in total. The van der Waals surface area contributed by atoms with Crippen molar-refractivity contribution in [1.29, 1.82) is 0 Å². The van der Waals surface area contributed by atoms with Crippen LogP contribution in [0.5, 0.6) is 0 Å². The number of alkyl halides is 3. The van der Waals surface area contributed by atoms with Gasteiger partial charge in [-0.2, -0.15) is 13.2 Å². The maximum Gasteiger partial charge on any atom is 0.397 e. The van der Waals surface area contributed by atoms with E-state index in [1.807, 2.05) is 24.3 Å². The smallest absolute Gasteiger partial charge is 0.342 e. The second-order valence-electron chi connectivity index (χ2n) is 7.06. The summed E-state index contributed by atoms with van der Waals surface area (Å²) in [5.41, 5.74) is 1.58. The van der Waals surface area contributed by atoms with E-state index in [2.05, 4.69) is 0 Å². The lowest BCUT2D eigenvalue weighted by Gasteiger charge is -2.41. The van der Waals surface area contributed by atoms with Crippen LogP contribution < -0.4 is 0 Å². The monoisotopic (exact) mass is 354 g/mol. The van der Waals surface area contributed by atoms with Crippen molar-refractivity contribution in [2.24, 2.45) is 5.41 Å². The summed E-state index contributed by atoms with van der Waals surface area (Å²) in [6.45, 7) is 0.917. The molecule has 2 aliphatic heterocycles. The minimum atomic E-state index is -4.50. The van der Waals surface area contributed by atoms with E-state index < -0.39 is 23.9 Å². The molecule has 0 aromatic heterocycles. The Kier molecular flexibility index (Phi) is 4.51. The van der Waals surface area contributed by atoms with E-state index in [0.717, 1.165) is 11.1 Å². The molecule has 2 heterocycles. The number of rotatable bonds is 1. The molecule has 0 atom stereocenters. The molecule has 4 nitrogen and oxygen atoms in total. The number of amides is 2. The third-order valence-electron chi connectivity index (χ3n) is 5.28. The van der Waals surface area contributed by atoms with Crippen LogP contribution >= 0.6 is 0 Å². The van der Waals surface area contributed by atoms with Gasteiger partial charge in [0.25, 0.3) is 0 Å². The Balaban J connectivity index is 1.77. The van der Waals surface area contributed by atoms with Crippen molar-refractivity contribution in [3.8, 4) is 0 Å². The van der Waals surface area contributed by atoms with Crippen molar-refractivity contribution >= 4 is 11.8 Å². The average molecular weight is 354 g/mol. The zero-order valence-electron chi connectivity index (χ0n) is 14.1. The molecule has 1 saturated heterocycles. The Morgan fingerprint density at radius 1 is 1.16 bits per heavy atom. The molecule has 1 spiro atoms. The van der Waals surface area contributed by atoms with E-state index in [1.165, 1.54) is 4.90 Å². The standard InChI is InChI=1S/C18H21F3N2O2/c1-22-12-14-5-3-2-4-13(14)10-17(16(22)25)6-8-23(9-7-17)15(24)11-18(19,20)21/h2-5H,6-12H2,1H3. The van der Waals surface area contributed by atoms with Gasteiger partial charge in [-0.25, -0.2) is 0 Å². The second-order valence-corrected chi connectivity index (χ2v) is 7.06. The Bertz CT molecular complexity index is 679. The fraction of sp³-hybridized carbons (Fsp3) is 0.556. The predicted octanol–water partition coefficient (Wildman–Crippen LogP) is 2.76. The first-order chi connectivity index (χ1) is 11.7. The number of nitrogens with zero attached hydrogens (tertiary/aromatic N) is 2. The van der Waals surface area contributed by atoms with Crippen molar-refractivity contribution in [2.45, 2.75) is 38.4 Å². The largest absolute Gasteiger partial charge is 0.397 e. The number of carbonyl (C=O) groups is 2. The van der Waals surface area contributed by atoms with E-state index in [4.69, 9.17) is 0 Å². The lowest BCUT2D eigenvalue weighted by Crippen LogP contribution is -2.51. The summed E-state index contributed by atoms with van der Waals surface area (Å²) in [6.07, 6.45) is -4.56. The highest BCUT2D eigenvalue weighted by molar-refractivity contribution is 5.84. The normalized spacial score (nSPS) is 20.4. The highest BCUT2D eigenvalue weighted by Gasteiger charge is 2.46. The summed E-state index contributed by atoms with van der Waals surface area (Å²) in [5, 5.41) is 0. The van der Waals surface area contributed by atoms with Gasteiger partial charge in [0.15, 0.2) is 0 Å². The summed E-state index contributed by atoms with van der Waals surface area (Å²) in [5.74, 6) is -0.885. The van der Waals surface area contributed by atoms with Crippen LogP contribution in [-0.2, 0) is 22.6 Å². The van der Waals surface area contributed by atoms with Crippen LogP contribution in [0.25, 0.3) is 0 Å². The fourth-order valence-corrected chi connectivity index (χ4v) is 3.91. The molecule has 3 rings (SSSR count). The summed E-state index contributed by atoms with van der Waals surface area (Å²) in [6, 6.07) is 7.88. The molecule has 7 heteroatoms. The lowest BCUT2D eigenvalue weighted by molar-refractivity contribution is -0.164. The van der Waals surface area contributed by atoms with Crippen LogP contribution in [-0.4, -0.2) is 47.9 Å². The Labute approximate surface area is 144 Å².